The molecule has 0 aliphatic rings. The van der Waals surface area contributed by atoms with Crippen LogP contribution >= 0.6 is 0 Å². The predicted molar refractivity (Wildman–Crippen MR) is 106 cm³/mol. The van der Waals surface area contributed by atoms with E-state index in [9.17, 15) is 0 Å². The van der Waals surface area contributed by atoms with Crippen LogP contribution in [0.5, 0.6) is 0 Å². The van der Waals surface area contributed by atoms with Gasteiger partial charge >= 0.3 is 0 Å². The molecule has 0 unspecified atom stereocenters. The Morgan fingerprint density at radius 1 is 0.741 bits per heavy atom. The van der Waals surface area contributed by atoms with E-state index in [2.05, 4.69) is 53.5 Å². The number of para-hydroxylation sites is 2. The van der Waals surface area contributed by atoms with E-state index < -0.39 is 0 Å². The van der Waals surface area contributed by atoms with Crippen molar-refractivity contribution in [1.29, 1.82) is 0 Å². The maximum Gasteiger partial charge on any atom is 0.247 e. The van der Waals surface area contributed by atoms with Crippen molar-refractivity contribution >= 4 is 21.9 Å². The van der Waals surface area contributed by atoms with E-state index in [0.29, 0.717) is 11.8 Å². The van der Waals surface area contributed by atoms with Gasteiger partial charge in [0.25, 0.3) is 0 Å². The largest absolute Gasteiger partial charge is 0.455 e. The molecule has 0 radical (unpaired) electrons. The molecule has 4 nitrogen and oxygen atoms in total. The highest BCUT2D eigenvalue weighted by molar-refractivity contribution is 6.09. The number of benzene rings is 3. The zero-order valence-electron chi connectivity index (χ0n) is 15.0. The fourth-order valence-corrected chi connectivity index (χ4v) is 3.45. The van der Waals surface area contributed by atoms with Gasteiger partial charge in [-0.05, 0) is 30.2 Å². The molecule has 132 valence electrons. The Morgan fingerprint density at radius 3 is 2.37 bits per heavy atom. The van der Waals surface area contributed by atoms with Crippen molar-refractivity contribution < 1.29 is 8.83 Å². The Morgan fingerprint density at radius 2 is 1.52 bits per heavy atom. The summed E-state index contributed by atoms with van der Waals surface area (Å²) in [6.07, 6.45) is 1.79. The Bertz CT molecular complexity index is 1230. The third kappa shape index (κ3) is 2.70. The molecule has 0 bridgehead atoms. The number of hydrogen-bond donors (Lipinski definition) is 0. The number of rotatable bonds is 4. The van der Waals surface area contributed by atoms with Crippen LogP contribution < -0.4 is 0 Å². The van der Waals surface area contributed by atoms with Crippen molar-refractivity contribution in [3.05, 3.63) is 72.6 Å². The Kier molecular flexibility index (Phi) is 3.75. The minimum atomic E-state index is 0.562. The van der Waals surface area contributed by atoms with Gasteiger partial charge in [-0.25, -0.2) is 0 Å². The smallest absolute Gasteiger partial charge is 0.247 e. The van der Waals surface area contributed by atoms with Crippen molar-refractivity contribution in [2.45, 2.75) is 19.8 Å². The van der Waals surface area contributed by atoms with Crippen LogP contribution in [0.2, 0.25) is 0 Å². The highest BCUT2D eigenvalue weighted by Crippen LogP contribution is 2.36. The molecule has 0 spiro atoms. The summed E-state index contributed by atoms with van der Waals surface area (Å²) in [4.78, 5) is 0. The van der Waals surface area contributed by atoms with Crippen molar-refractivity contribution in [3.8, 4) is 22.6 Å². The lowest BCUT2D eigenvalue weighted by molar-refractivity contribution is 0.502. The standard InChI is InChI=1S/C23H18N2O2/c1-2-6-21-24-25-23(27-21)16-13-11-15(12-14-16)17-8-5-9-19-18-7-3-4-10-20(18)26-22(17)19/h3-5,7-14H,2,6H2,1H3. The summed E-state index contributed by atoms with van der Waals surface area (Å²) >= 11 is 0. The van der Waals surface area contributed by atoms with Gasteiger partial charge < -0.3 is 8.83 Å². The summed E-state index contributed by atoms with van der Waals surface area (Å²) in [6.45, 7) is 2.09. The fraction of sp³-hybridized carbons (Fsp3) is 0.130. The highest BCUT2D eigenvalue weighted by Gasteiger charge is 2.13. The predicted octanol–water partition coefficient (Wildman–Crippen LogP) is 6.26. The van der Waals surface area contributed by atoms with Gasteiger partial charge in [0.1, 0.15) is 11.2 Å². The van der Waals surface area contributed by atoms with Gasteiger partial charge in [0.2, 0.25) is 11.8 Å². The van der Waals surface area contributed by atoms with Crippen LogP contribution in [0.3, 0.4) is 0 Å². The maximum absolute atomic E-state index is 6.14. The number of aryl methyl sites for hydroxylation is 1. The van der Waals surface area contributed by atoms with Gasteiger partial charge in [-0.1, -0.05) is 55.5 Å². The third-order valence-electron chi connectivity index (χ3n) is 4.78. The van der Waals surface area contributed by atoms with E-state index >= 15 is 0 Å². The monoisotopic (exact) mass is 354 g/mol. The average Bonchev–Trinajstić information content (AvgIpc) is 3.33. The molecule has 0 amide bonds. The Hall–Kier alpha value is -3.40. The van der Waals surface area contributed by atoms with Gasteiger partial charge in [0.15, 0.2) is 0 Å². The number of aromatic nitrogens is 2. The second-order valence-corrected chi connectivity index (χ2v) is 6.61. The van der Waals surface area contributed by atoms with Crippen LogP contribution in [0.25, 0.3) is 44.5 Å². The van der Waals surface area contributed by atoms with E-state index in [4.69, 9.17) is 8.83 Å². The average molecular weight is 354 g/mol. The van der Waals surface area contributed by atoms with Crippen LogP contribution in [0.1, 0.15) is 19.2 Å². The van der Waals surface area contributed by atoms with Crippen LogP contribution in [-0.4, -0.2) is 10.2 Å². The summed E-state index contributed by atoms with van der Waals surface area (Å²) in [5.41, 5.74) is 4.91. The molecule has 5 rings (SSSR count). The first-order valence-corrected chi connectivity index (χ1v) is 9.17. The summed E-state index contributed by atoms with van der Waals surface area (Å²) in [6, 6.07) is 22.6. The molecular weight excluding hydrogens is 336 g/mol. The van der Waals surface area contributed by atoms with Gasteiger partial charge in [-0.15, -0.1) is 10.2 Å². The first-order valence-electron chi connectivity index (χ1n) is 9.17. The van der Waals surface area contributed by atoms with Gasteiger partial charge in [-0.2, -0.15) is 0 Å². The lowest BCUT2D eigenvalue weighted by Gasteiger charge is -2.03. The minimum Gasteiger partial charge on any atom is -0.455 e. The second kappa shape index (κ2) is 6.40. The molecule has 0 atom stereocenters. The zero-order chi connectivity index (χ0) is 18.2. The molecule has 3 aromatic carbocycles. The number of hydrogen-bond acceptors (Lipinski definition) is 4. The minimum absolute atomic E-state index is 0.562. The topological polar surface area (TPSA) is 52.1 Å². The molecule has 4 heteroatoms. The first-order chi connectivity index (χ1) is 13.3. The number of nitrogens with zero attached hydrogens (tertiary/aromatic N) is 2. The lowest BCUT2D eigenvalue weighted by atomic mass is 10.0. The molecule has 2 heterocycles. The molecular formula is C23H18N2O2. The Balaban J connectivity index is 1.56. The Labute approximate surface area is 156 Å². The quantitative estimate of drug-likeness (QED) is 0.382. The zero-order valence-corrected chi connectivity index (χ0v) is 15.0. The normalized spacial score (nSPS) is 11.4. The van der Waals surface area contributed by atoms with Gasteiger partial charge in [0.05, 0.1) is 0 Å². The maximum atomic E-state index is 6.14. The summed E-state index contributed by atoms with van der Waals surface area (Å²) in [7, 11) is 0. The molecule has 0 N–H and O–H groups in total. The first kappa shape index (κ1) is 15.8. The van der Waals surface area contributed by atoms with E-state index in [1.807, 2.05) is 30.3 Å². The fourth-order valence-electron chi connectivity index (χ4n) is 3.45. The molecule has 0 aliphatic carbocycles. The molecule has 27 heavy (non-hydrogen) atoms. The van der Waals surface area contributed by atoms with Crippen molar-refractivity contribution in [1.82, 2.24) is 10.2 Å². The van der Waals surface area contributed by atoms with E-state index in [0.717, 1.165) is 51.5 Å². The summed E-state index contributed by atoms with van der Waals surface area (Å²) in [5, 5.41) is 10.5. The number of fused-ring (bicyclic) bond motifs is 3. The van der Waals surface area contributed by atoms with Crippen molar-refractivity contribution in [3.63, 3.8) is 0 Å². The van der Waals surface area contributed by atoms with Gasteiger partial charge in [0, 0.05) is 28.3 Å². The lowest BCUT2D eigenvalue weighted by Crippen LogP contribution is -1.81. The van der Waals surface area contributed by atoms with Crippen molar-refractivity contribution in [2.24, 2.45) is 0 Å². The highest BCUT2D eigenvalue weighted by atomic mass is 16.4. The van der Waals surface area contributed by atoms with Crippen molar-refractivity contribution in [2.75, 3.05) is 0 Å². The SMILES string of the molecule is CCCc1nnc(-c2ccc(-c3cccc4c3oc3ccccc34)cc2)o1. The van der Waals surface area contributed by atoms with Crippen LogP contribution in [0.4, 0.5) is 0 Å². The van der Waals surface area contributed by atoms with Crippen LogP contribution in [0, 0.1) is 0 Å². The molecule has 0 saturated heterocycles. The molecule has 0 saturated carbocycles. The van der Waals surface area contributed by atoms with Crippen LogP contribution in [0.15, 0.2) is 75.6 Å². The third-order valence-corrected chi connectivity index (χ3v) is 4.78. The van der Waals surface area contributed by atoms with E-state index in [1.54, 1.807) is 0 Å². The molecule has 2 aromatic heterocycles. The molecule has 0 aliphatic heterocycles. The van der Waals surface area contributed by atoms with Gasteiger partial charge in [-0.3, -0.25) is 0 Å². The number of furan rings is 1. The van der Waals surface area contributed by atoms with E-state index in [-0.39, 0.29) is 0 Å². The molecule has 0 fully saturated rings. The second-order valence-electron chi connectivity index (χ2n) is 6.61. The van der Waals surface area contributed by atoms with Crippen LogP contribution in [-0.2, 0) is 6.42 Å². The molecule has 5 aromatic rings. The summed E-state index contributed by atoms with van der Waals surface area (Å²) < 4.78 is 11.9. The summed E-state index contributed by atoms with van der Waals surface area (Å²) in [5.74, 6) is 1.25. The van der Waals surface area contributed by atoms with E-state index in [1.165, 1.54) is 0 Å².